The molecule has 0 aliphatic carbocycles. The third-order valence-corrected chi connectivity index (χ3v) is 5.75. The lowest BCUT2D eigenvalue weighted by Crippen LogP contribution is -2.29. The molecule has 0 spiro atoms. The zero-order chi connectivity index (χ0) is 24.9. The molecule has 3 aromatic carbocycles. The van der Waals surface area contributed by atoms with Gasteiger partial charge in [0.2, 0.25) is 6.79 Å². The number of ether oxygens (including phenoxy) is 2. The quantitative estimate of drug-likeness (QED) is 0.317. The van der Waals surface area contributed by atoms with Crippen molar-refractivity contribution in [1.82, 2.24) is 0 Å². The van der Waals surface area contributed by atoms with Crippen molar-refractivity contribution < 1.29 is 42.4 Å². The number of fused-ring (bicyclic) bond motifs is 1. The van der Waals surface area contributed by atoms with E-state index in [1.165, 1.54) is 42.5 Å². The van der Waals surface area contributed by atoms with Gasteiger partial charge >= 0.3 is 6.18 Å². The van der Waals surface area contributed by atoms with Gasteiger partial charge in [0.05, 0.1) is 17.2 Å². The summed E-state index contributed by atoms with van der Waals surface area (Å²) < 4.78 is 49.7. The molecule has 5 rings (SSSR count). The molecule has 0 aromatic heterocycles. The number of carbonyl (C=O) groups excluding carboxylic acids is 2. The zero-order valence-corrected chi connectivity index (χ0v) is 17.7. The fourth-order valence-corrected chi connectivity index (χ4v) is 4.12. The SMILES string of the molecule is O=C1C(=O)N(c2ccc(C(F)(F)F)cc2)C(c2cccc(O)c2)/C1=C(/O)c1ccc2c(c1)OCO2. The summed E-state index contributed by atoms with van der Waals surface area (Å²) in [4.78, 5) is 27.2. The van der Waals surface area contributed by atoms with Gasteiger partial charge < -0.3 is 19.7 Å². The lowest BCUT2D eigenvalue weighted by atomic mass is 9.94. The highest BCUT2D eigenvalue weighted by molar-refractivity contribution is 6.51. The van der Waals surface area contributed by atoms with E-state index >= 15 is 0 Å². The van der Waals surface area contributed by atoms with Gasteiger partial charge in [-0.05, 0) is 60.2 Å². The smallest absolute Gasteiger partial charge is 0.416 e. The molecule has 2 N–H and O–H groups in total. The van der Waals surface area contributed by atoms with E-state index in [0.29, 0.717) is 11.5 Å². The highest BCUT2D eigenvalue weighted by Crippen LogP contribution is 2.44. The third-order valence-electron chi connectivity index (χ3n) is 5.75. The van der Waals surface area contributed by atoms with Crippen molar-refractivity contribution in [3.63, 3.8) is 0 Å². The summed E-state index contributed by atoms with van der Waals surface area (Å²) in [5.41, 5.74) is -0.763. The highest BCUT2D eigenvalue weighted by atomic mass is 19.4. The lowest BCUT2D eigenvalue weighted by molar-refractivity contribution is -0.137. The van der Waals surface area contributed by atoms with Gasteiger partial charge in [-0.1, -0.05) is 12.1 Å². The largest absolute Gasteiger partial charge is 0.508 e. The average Bonchev–Trinajstić information content (AvgIpc) is 3.40. The summed E-state index contributed by atoms with van der Waals surface area (Å²) in [5, 5.41) is 21.1. The van der Waals surface area contributed by atoms with E-state index in [0.717, 1.165) is 29.2 Å². The number of benzene rings is 3. The van der Waals surface area contributed by atoms with Crippen LogP contribution >= 0.6 is 0 Å². The maximum absolute atomic E-state index is 13.1. The number of halogens is 3. The monoisotopic (exact) mass is 483 g/mol. The average molecular weight is 483 g/mol. The molecular weight excluding hydrogens is 467 g/mol. The number of aliphatic hydroxyl groups excluding tert-OH is 1. The number of amides is 1. The second-order valence-corrected chi connectivity index (χ2v) is 7.88. The molecule has 0 bridgehead atoms. The first-order valence-corrected chi connectivity index (χ1v) is 10.3. The minimum Gasteiger partial charge on any atom is -0.508 e. The van der Waals surface area contributed by atoms with E-state index in [1.807, 2.05) is 0 Å². The van der Waals surface area contributed by atoms with Crippen LogP contribution in [0.3, 0.4) is 0 Å². The molecule has 1 unspecified atom stereocenters. The minimum atomic E-state index is -4.59. The molecule has 3 aromatic rings. The normalized spacial score (nSPS) is 18.8. The molecule has 0 saturated carbocycles. The third kappa shape index (κ3) is 3.82. The molecule has 35 heavy (non-hydrogen) atoms. The van der Waals surface area contributed by atoms with Crippen molar-refractivity contribution in [3.8, 4) is 17.2 Å². The van der Waals surface area contributed by atoms with Crippen molar-refractivity contribution in [2.24, 2.45) is 0 Å². The van der Waals surface area contributed by atoms with Gasteiger partial charge in [-0.2, -0.15) is 13.2 Å². The molecule has 7 nitrogen and oxygen atoms in total. The maximum Gasteiger partial charge on any atom is 0.416 e. The highest BCUT2D eigenvalue weighted by Gasteiger charge is 2.47. The summed E-state index contributed by atoms with van der Waals surface area (Å²) in [6, 6.07) is 12.7. The number of phenols is 1. The number of hydrogen-bond acceptors (Lipinski definition) is 6. The first kappa shape index (κ1) is 22.3. The van der Waals surface area contributed by atoms with E-state index in [-0.39, 0.29) is 34.9 Å². The Labute approximate surface area is 196 Å². The second-order valence-electron chi connectivity index (χ2n) is 7.88. The van der Waals surface area contributed by atoms with Gasteiger partial charge in [0, 0.05) is 11.3 Å². The van der Waals surface area contributed by atoms with Gasteiger partial charge in [-0.3, -0.25) is 14.5 Å². The Morgan fingerprint density at radius 1 is 0.943 bits per heavy atom. The van der Waals surface area contributed by atoms with Crippen LogP contribution in [0.4, 0.5) is 18.9 Å². The number of aliphatic hydroxyl groups is 1. The predicted octanol–water partition coefficient (Wildman–Crippen LogP) is 4.77. The standard InChI is InChI=1S/C25H16F3NO6/c26-25(27,28)15-5-7-16(8-6-15)29-21(13-2-1-3-17(30)10-13)20(23(32)24(29)33)22(31)14-4-9-18-19(11-14)35-12-34-18/h1-11,21,30-31H,12H2/b22-20-. The Morgan fingerprint density at radius 3 is 2.34 bits per heavy atom. The first-order valence-electron chi connectivity index (χ1n) is 10.3. The first-order chi connectivity index (χ1) is 16.6. The van der Waals surface area contributed by atoms with Crippen LogP contribution in [-0.4, -0.2) is 28.7 Å². The summed E-state index contributed by atoms with van der Waals surface area (Å²) in [7, 11) is 0. The van der Waals surface area contributed by atoms with Crippen LogP contribution < -0.4 is 14.4 Å². The number of aromatic hydroxyl groups is 1. The minimum absolute atomic E-state index is 0.0122. The van der Waals surface area contributed by atoms with Crippen LogP contribution in [-0.2, 0) is 15.8 Å². The maximum atomic E-state index is 13.1. The van der Waals surface area contributed by atoms with E-state index in [1.54, 1.807) is 0 Å². The number of rotatable bonds is 3. The number of ketones is 1. The molecule has 178 valence electrons. The molecule has 0 radical (unpaired) electrons. The number of Topliss-reactive ketones (excluding diaryl/α,β-unsaturated/α-hetero) is 1. The topological polar surface area (TPSA) is 96.3 Å². The number of anilines is 1. The van der Waals surface area contributed by atoms with Gasteiger partial charge in [0.15, 0.2) is 11.5 Å². The fourth-order valence-electron chi connectivity index (χ4n) is 4.12. The predicted molar refractivity (Wildman–Crippen MR) is 117 cm³/mol. The van der Waals surface area contributed by atoms with E-state index in [9.17, 15) is 33.0 Å². The Kier molecular flexibility index (Phi) is 5.16. The van der Waals surface area contributed by atoms with Crippen molar-refractivity contribution in [1.29, 1.82) is 0 Å². The number of nitrogens with zero attached hydrogens (tertiary/aromatic N) is 1. The van der Waals surface area contributed by atoms with Gasteiger partial charge in [0.1, 0.15) is 11.5 Å². The zero-order valence-electron chi connectivity index (χ0n) is 17.7. The van der Waals surface area contributed by atoms with Crippen molar-refractivity contribution in [2.75, 3.05) is 11.7 Å². The Hall–Kier alpha value is -4.47. The summed E-state index contributed by atoms with van der Waals surface area (Å²) in [6.45, 7) is -0.0127. The van der Waals surface area contributed by atoms with E-state index in [2.05, 4.69) is 0 Å². The van der Waals surface area contributed by atoms with Gasteiger partial charge in [-0.15, -0.1) is 0 Å². The van der Waals surface area contributed by atoms with Crippen LogP contribution in [0, 0.1) is 0 Å². The fraction of sp³-hybridized carbons (Fsp3) is 0.120. The molecular formula is C25H16F3NO6. The van der Waals surface area contributed by atoms with Crippen LogP contribution in [0.2, 0.25) is 0 Å². The number of hydrogen-bond donors (Lipinski definition) is 2. The number of alkyl halides is 3. The summed E-state index contributed by atoms with van der Waals surface area (Å²) in [5.74, 6) is -1.97. The Balaban J connectivity index is 1.67. The molecule has 2 aliphatic heterocycles. The van der Waals surface area contributed by atoms with Gasteiger partial charge in [-0.25, -0.2) is 0 Å². The molecule has 1 atom stereocenters. The Morgan fingerprint density at radius 2 is 1.66 bits per heavy atom. The van der Waals surface area contributed by atoms with Crippen LogP contribution in [0.25, 0.3) is 5.76 Å². The van der Waals surface area contributed by atoms with Gasteiger partial charge in [0.25, 0.3) is 11.7 Å². The molecule has 1 amide bonds. The van der Waals surface area contributed by atoms with Crippen molar-refractivity contribution in [3.05, 3.63) is 89.0 Å². The number of phenolic OH excluding ortho intramolecular Hbond substituents is 1. The Bertz CT molecular complexity index is 1380. The van der Waals surface area contributed by atoms with Crippen LogP contribution in [0.5, 0.6) is 17.2 Å². The van der Waals surface area contributed by atoms with E-state index < -0.39 is 35.2 Å². The molecule has 2 aliphatic rings. The summed E-state index contributed by atoms with van der Waals surface area (Å²) >= 11 is 0. The molecule has 1 fully saturated rings. The van der Waals surface area contributed by atoms with Crippen molar-refractivity contribution >= 4 is 23.1 Å². The van der Waals surface area contributed by atoms with Crippen LogP contribution in [0.1, 0.15) is 22.7 Å². The second kappa shape index (κ2) is 8.08. The van der Waals surface area contributed by atoms with Crippen LogP contribution in [0.15, 0.2) is 72.3 Å². The lowest BCUT2D eigenvalue weighted by Gasteiger charge is -2.26. The molecule has 1 saturated heterocycles. The molecule has 10 heteroatoms. The number of carbonyl (C=O) groups is 2. The van der Waals surface area contributed by atoms with E-state index in [4.69, 9.17) is 9.47 Å². The van der Waals surface area contributed by atoms with Crippen molar-refractivity contribution in [2.45, 2.75) is 12.2 Å². The molecule has 2 heterocycles. The summed E-state index contributed by atoms with van der Waals surface area (Å²) in [6.07, 6.45) is -4.59.